The van der Waals surface area contributed by atoms with Crippen LogP contribution in [0, 0.1) is 5.92 Å². The Morgan fingerprint density at radius 1 is 1.15 bits per heavy atom. The van der Waals surface area contributed by atoms with E-state index in [0.717, 1.165) is 18.7 Å². The van der Waals surface area contributed by atoms with E-state index in [0.29, 0.717) is 11.4 Å². The minimum absolute atomic E-state index is 0.00602. The summed E-state index contributed by atoms with van der Waals surface area (Å²) in [5.41, 5.74) is 0.868. The lowest BCUT2D eigenvalue weighted by Gasteiger charge is -2.09. The van der Waals surface area contributed by atoms with Crippen LogP contribution in [0.2, 0.25) is 0 Å². The minimum atomic E-state index is -3.14. The van der Waals surface area contributed by atoms with Crippen LogP contribution in [-0.2, 0) is 14.6 Å². The molecule has 1 aromatic rings. The first kappa shape index (κ1) is 16.5. The van der Waals surface area contributed by atoms with Crippen molar-refractivity contribution in [2.24, 2.45) is 5.92 Å². The van der Waals surface area contributed by atoms with Gasteiger partial charge < -0.3 is 10.6 Å². The van der Waals surface area contributed by atoms with Gasteiger partial charge in [0.05, 0.1) is 4.90 Å². The van der Waals surface area contributed by atoms with E-state index in [2.05, 4.69) is 10.6 Å². The molecule has 0 aliphatic carbocycles. The van der Waals surface area contributed by atoms with Gasteiger partial charge in [-0.3, -0.25) is 4.79 Å². The summed E-state index contributed by atoms with van der Waals surface area (Å²) in [6, 6.07) is 6.64. The standard InChI is InChI=1S/C14H22N2O3S/c1-11(2)14(17)16-10-4-9-15-12-5-7-13(8-6-12)20(3,18)19/h5-8,11,15H,4,9-10H2,1-3H3,(H,16,17). The Balaban J connectivity index is 2.31. The van der Waals surface area contributed by atoms with Gasteiger partial charge in [0.15, 0.2) is 9.84 Å². The van der Waals surface area contributed by atoms with E-state index in [1.54, 1.807) is 24.3 Å². The third-order valence-electron chi connectivity index (χ3n) is 2.79. The smallest absolute Gasteiger partial charge is 0.222 e. The first-order valence-corrected chi connectivity index (χ1v) is 8.51. The van der Waals surface area contributed by atoms with Gasteiger partial charge in [-0.25, -0.2) is 8.42 Å². The van der Waals surface area contributed by atoms with Crippen molar-refractivity contribution in [3.8, 4) is 0 Å². The highest BCUT2D eigenvalue weighted by molar-refractivity contribution is 7.90. The zero-order chi connectivity index (χ0) is 15.2. The number of rotatable bonds is 7. The second kappa shape index (κ2) is 7.28. The summed E-state index contributed by atoms with van der Waals surface area (Å²) in [4.78, 5) is 11.6. The monoisotopic (exact) mass is 298 g/mol. The predicted molar refractivity (Wildman–Crippen MR) is 80.5 cm³/mol. The maximum atomic E-state index is 11.3. The maximum absolute atomic E-state index is 11.3. The minimum Gasteiger partial charge on any atom is -0.385 e. The molecule has 0 aliphatic rings. The van der Waals surface area contributed by atoms with E-state index < -0.39 is 9.84 Å². The quantitative estimate of drug-likeness (QED) is 0.751. The van der Waals surface area contributed by atoms with E-state index in [1.807, 2.05) is 13.8 Å². The number of benzene rings is 1. The van der Waals surface area contributed by atoms with Gasteiger partial charge in [-0.05, 0) is 30.7 Å². The summed E-state index contributed by atoms with van der Waals surface area (Å²) in [5.74, 6) is 0.0639. The highest BCUT2D eigenvalue weighted by Gasteiger charge is 2.06. The fourth-order valence-corrected chi connectivity index (χ4v) is 2.19. The van der Waals surface area contributed by atoms with Crippen LogP contribution in [-0.4, -0.2) is 33.7 Å². The Morgan fingerprint density at radius 3 is 2.25 bits per heavy atom. The Bertz CT molecular complexity index is 536. The predicted octanol–water partition coefficient (Wildman–Crippen LogP) is 1.66. The molecule has 0 atom stereocenters. The molecule has 0 heterocycles. The Labute approximate surface area is 120 Å². The molecule has 1 aromatic carbocycles. The van der Waals surface area contributed by atoms with E-state index in [-0.39, 0.29) is 11.8 Å². The van der Waals surface area contributed by atoms with Crippen molar-refractivity contribution in [3.05, 3.63) is 24.3 Å². The Hall–Kier alpha value is -1.56. The molecule has 2 N–H and O–H groups in total. The molecular weight excluding hydrogens is 276 g/mol. The number of sulfone groups is 1. The van der Waals surface area contributed by atoms with Crippen LogP contribution >= 0.6 is 0 Å². The maximum Gasteiger partial charge on any atom is 0.222 e. The van der Waals surface area contributed by atoms with Crippen molar-refractivity contribution < 1.29 is 13.2 Å². The summed E-state index contributed by atoms with van der Waals surface area (Å²) in [7, 11) is -3.14. The number of carbonyl (C=O) groups excluding carboxylic acids is 1. The highest BCUT2D eigenvalue weighted by Crippen LogP contribution is 2.13. The molecule has 112 valence electrons. The van der Waals surface area contributed by atoms with Gasteiger partial charge in [0.25, 0.3) is 0 Å². The van der Waals surface area contributed by atoms with Gasteiger partial charge >= 0.3 is 0 Å². The molecule has 0 saturated heterocycles. The molecule has 0 radical (unpaired) electrons. The number of carbonyl (C=O) groups is 1. The zero-order valence-electron chi connectivity index (χ0n) is 12.1. The second-order valence-corrected chi connectivity index (χ2v) is 7.04. The van der Waals surface area contributed by atoms with E-state index in [4.69, 9.17) is 0 Å². The lowest BCUT2D eigenvalue weighted by molar-refractivity contribution is -0.123. The van der Waals surface area contributed by atoms with Crippen LogP contribution in [0.1, 0.15) is 20.3 Å². The van der Waals surface area contributed by atoms with Gasteiger partial charge in [0.1, 0.15) is 0 Å². The highest BCUT2D eigenvalue weighted by atomic mass is 32.2. The summed E-state index contributed by atoms with van der Waals surface area (Å²) in [5, 5.41) is 6.02. The van der Waals surface area contributed by atoms with Crippen molar-refractivity contribution in [2.75, 3.05) is 24.7 Å². The van der Waals surface area contributed by atoms with Crippen LogP contribution in [0.5, 0.6) is 0 Å². The number of amides is 1. The molecule has 0 unspecified atom stereocenters. The van der Waals surface area contributed by atoms with Crippen molar-refractivity contribution >= 4 is 21.4 Å². The number of hydrogen-bond donors (Lipinski definition) is 2. The van der Waals surface area contributed by atoms with Crippen molar-refractivity contribution in [1.29, 1.82) is 0 Å². The fraction of sp³-hybridized carbons (Fsp3) is 0.500. The number of nitrogens with one attached hydrogen (secondary N) is 2. The average molecular weight is 298 g/mol. The summed E-state index contributed by atoms with van der Waals surface area (Å²) < 4.78 is 22.6. The molecule has 0 aromatic heterocycles. The number of hydrogen-bond acceptors (Lipinski definition) is 4. The molecule has 0 fully saturated rings. The molecule has 1 amide bonds. The molecule has 6 heteroatoms. The van der Waals surface area contributed by atoms with E-state index in [1.165, 1.54) is 6.26 Å². The molecular formula is C14H22N2O3S. The first-order chi connectivity index (χ1) is 9.30. The third kappa shape index (κ3) is 5.61. The molecule has 0 aliphatic heterocycles. The van der Waals surface area contributed by atoms with Gasteiger partial charge in [0, 0.05) is 31.0 Å². The van der Waals surface area contributed by atoms with Gasteiger partial charge in [-0.15, -0.1) is 0 Å². The summed E-state index contributed by atoms with van der Waals surface area (Å²) >= 11 is 0. The van der Waals surface area contributed by atoms with Crippen LogP contribution in [0.3, 0.4) is 0 Å². The number of anilines is 1. The molecule has 0 spiro atoms. The topological polar surface area (TPSA) is 75.3 Å². The molecule has 1 rings (SSSR count). The third-order valence-corrected chi connectivity index (χ3v) is 3.92. The van der Waals surface area contributed by atoms with Crippen molar-refractivity contribution in [1.82, 2.24) is 5.32 Å². The van der Waals surface area contributed by atoms with E-state index in [9.17, 15) is 13.2 Å². The van der Waals surface area contributed by atoms with Crippen LogP contribution in [0.4, 0.5) is 5.69 Å². The average Bonchev–Trinajstić information content (AvgIpc) is 2.37. The Kier molecular flexibility index (Phi) is 6.01. The molecule has 5 nitrogen and oxygen atoms in total. The Morgan fingerprint density at radius 2 is 1.75 bits per heavy atom. The molecule has 0 bridgehead atoms. The lowest BCUT2D eigenvalue weighted by Crippen LogP contribution is -2.29. The van der Waals surface area contributed by atoms with Crippen LogP contribution < -0.4 is 10.6 Å². The largest absolute Gasteiger partial charge is 0.385 e. The normalized spacial score (nSPS) is 11.4. The van der Waals surface area contributed by atoms with Gasteiger partial charge in [-0.2, -0.15) is 0 Å². The molecule has 20 heavy (non-hydrogen) atoms. The summed E-state index contributed by atoms with van der Waals surface area (Å²) in [6.45, 7) is 5.07. The fourth-order valence-electron chi connectivity index (χ4n) is 1.56. The first-order valence-electron chi connectivity index (χ1n) is 6.62. The second-order valence-electron chi connectivity index (χ2n) is 5.02. The zero-order valence-corrected chi connectivity index (χ0v) is 13.0. The van der Waals surface area contributed by atoms with Crippen molar-refractivity contribution in [3.63, 3.8) is 0 Å². The van der Waals surface area contributed by atoms with E-state index >= 15 is 0 Å². The van der Waals surface area contributed by atoms with Crippen LogP contribution in [0.25, 0.3) is 0 Å². The van der Waals surface area contributed by atoms with Gasteiger partial charge in [-0.1, -0.05) is 13.8 Å². The summed E-state index contributed by atoms with van der Waals surface area (Å²) in [6.07, 6.45) is 2.00. The van der Waals surface area contributed by atoms with Crippen molar-refractivity contribution in [2.45, 2.75) is 25.2 Å². The molecule has 0 saturated carbocycles. The van der Waals surface area contributed by atoms with Gasteiger partial charge in [0.2, 0.25) is 5.91 Å². The SMILES string of the molecule is CC(C)C(=O)NCCCNc1ccc(S(C)(=O)=O)cc1. The van der Waals surface area contributed by atoms with Crippen LogP contribution in [0.15, 0.2) is 29.2 Å². The lowest BCUT2D eigenvalue weighted by atomic mass is 10.2.